The lowest BCUT2D eigenvalue weighted by Crippen LogP contribution is -2.53. The summed E-state index contributed by atoms with van der Waals surface area (Å²) in [7, 11) is 0. The van der Waals surface area contributed by atoms with Crippen LogP contribution < -0.4 is 11.1 Å². The Balaban J connectivity index is 1.85. The molecule has 0 aromatic heterocycles. The fourth-order valence-electron chi connectivity index (χ4n) is 3.25. The molecule has 3 unspecified atom stereocenters. The molecule has 1 aliphatic rings. The van der Waals surface area contributed by atoms with E-state index >= 15 is 0 Å². The summed E-state index contributed by atoms with van der Waals surface area (Å²) in [4.78, 5) is 14.3. The van der Waals surface area contributed by atoms with Crippen molar-refractivity contribution in [3.8, 4) is 0 Å². The van der Waals surface area contributed by atoms with Gasteiger partial charge in [0.15, 0.2) is 0 Å². The number of hydrogen-bond acceptors (Lipinski definition) is 5. The van der Waals surface area contributed by atoms with Crippen LogP contribution in [0.25, 0.3) is 0 Å². The second kappa shape index (κ2) is 9.61. The number of hydrogen-bond donors (Lipinski definition) is 3. The Bertz CT molecular complexity index is 498. The van der Waals surface area contributed by atoms with Crippen LogP contribution in [0.1, 0.15) is 25.3 Å². The average molecular weight is 335 g/mol. The molecule has 1 aromatic rings. The molecule has 6 heteroatoms. The average Bonchev–Trinajstić information content (AvgIpc) is 2.60. The van der Waals surface area contributed by atoms with Gasteiger partial charge in [-0.3, -0.25) is 4.90 Å². The van der Waals surface area contributed by atoms with Gasteiger partial charge in [-0.25, -0.2) is 4.79 Å². The van der Waals surface area contributed by atoms with Gasteiger partial charge in [0.05, 0.1) is 6.10 Å². The number of aliphatic hydroxyl groups is 1. The molecule has 1 amide bonds. The Morgan fingerprint density at radius 1 is 1.42 bits per heavy atom. The number of amides is 1. The van der Waals surface area contributed by atoms with Gasteiger partial charge >= 0.3 is 6.09 Å². The number of piperidine rings is 1. The van der Waals surface area contributed by atoms with Crippen molar-refractivity contribution in [2.24, 2.45) is 11.7 Å². The predicted molar refractivity (Wildman–Crippen MR) is 93.4 cm³/mol. The molecular weight excluding hydrogens is 306 g/mol. The molecule has 1 aliphatic heterocycles. The van der Waals surface area contributed by atoms with Crippen LogP contribution in [0.3, 0.4) is 0 Å². The minimum absolute atomic E-state index is 0.0280. The van der Waals surface area contributed by atoms with E-state index in [0.717, 1.165) is 31.6 Å². The first-order valence-corrected chi connectivity index (χ1v) is 8.70. The smallest absolute Gasteiger partial charge is 0.407 e. The molecule has 6 nitrogen and oxygen atoms in total. The monoisotopic (exact) mass is 335 g/mol. The van der Waals surface area contributed by atoms with Crippen LogP contribution in [0.15, 0.2) is 30.3 Å². The molecule has 0 radical (unpaired) electrons. The number of nitrogens with one attached hydrogen (secondary N) is 1. The first-order chi connectivity index (χ1) is 11.6. The predicted octanol–water partition coefficient (Wildman–Crippen LogP) is 1.33. The first kappa shape index (κ1) is 18.7. The van der Waals surface area contributed by atoms with Crippen molar-refractivity contribution in [2.45, 2.75) is 38.5 Å². The Hall–Kier alpha value is -1.63. The molecular formula is C18H29N3O3. The van der Waals surface area contributed by atoms with Crippen LogP contribution in [-0.2, 0) is 11.3 Å². The Morgan fingerprint density at radius 3 is 2.83 bits per heavy atom. The SMILES string of the molecule is CCC(O)C1CC(NC(=O)OCc2ccccc2)CN(CCN)C1. The highest BCUT2D eigenvalue weighted by atomic mass is 16.5. The largest absolute Gasteiger partial charge is 0.445 e. The van der Waals surface area contributed by atoms with Crippen molar-refractivity contribution in [1.29, 1.82) is 0 Å². The zero-order chi connectivity index (χ0) is 17.4. The summed E-state index contributed by atoms with van der Waals surface area (Å²) in [6, 6.07) is 9.57. The zero-order valence-corrected chi connectivity index (χ0v) is 14.4. The second-order valence-electron chi connectivity index (χ2n) is 6.42. The summed E-state index contributed by atoms with van der Waals surface area (Å²) >= 11 is 0. The molecule has 1 heterocycles. The third kappa shape index (κ3) is 5.78. The highest BCUT2D eigenvalue weighted by molar-refractivity contribution is 5.67. The molecule has 4 N–H and O–H groups in total. The molecule has 3 atom stereocenters. The third-order valence-electron chi connectivity index (χ3n) is 4.50. The van der Waals surface area contributed by atoms with E-state index in [4.69, 9.17) is 10.5 Å². The summed E-state index contributed by atoms with van der Waals surface area (Å²) in [5.74, 6) is 0.148. The first-order valence-electron chi connectivity index (χ1n) is 8.70. The van der Waals surface area contributed by atoms with Crippen LogP contribution in [0.4, 0.5) is 4.79 Å². The van der Waals surface area contributed by atoms with Gasteiger partial charge in [0.2, 0.25) is 0 Å². The number of alkyl carbamates (subject to hydrolysis) is 1. The van der Waals surface area contributed by atoms with Crippen molar-refractivity contribution in [3.05, 3.63) is 35.9 Å². The molecule has 1 saturated heterocycles. The van der Waals surface area contributed by atoms with E-state index in [-0.39, 0.29) is 24.7 Å². The Kier molecular flexibility index (Phi) is 7.49. The number of ether oxygens (including phenoxy) is 1. The lowest BCUT2D eigenvalue weighted by atomic mass is 9.88. The lowest BCUT2D eigenvalue weighted by molar-refractivity contribution is 0.0351. The number of likely N-dealkylation sites (tertiary alicyclic amines) is 1. The van der Waals surface area contributed by atoms with Gasteiger partial charge in [-0.15, -0.1) is 0 Å². The number of carbonyl (C=O) groups is 1. The van der Waals surface area contributed by atoms with Gasteiger partial charge < -0.3 is 20.9 Å². The van der Waals surface area contributed by atoms with Crippen molar-refractivity contribution in [2.75, 3.05) is 26.2 Å². The van der Waals surface area contributed by atoms with E-state index in [1.807, 2.05) is 37.3 Å². The minimum Gasteiger partial charge on any atom is -0.445 e. The van der Waals surface area contributed by atoms with Crippen LogP contribution in [0.5, 0.6) is 0 Å². The fourth-order valence-corrected chi connectivity index (χ4v) is 3.25. The normalized spacial score (nSPS) is 22.8. The van der Waals surface area contributed by atoms with E-state index < -0.39 is 6.09 Å². The number of rotatable bonds is 7. The molecule has 24 heavy (non-hydrogen) atoms. The van der Waals surface area contributed by atoms with Crippen molar-refractivity contribution >= 4 is 6.09 Å². The minimum atomic E-state index is -0.414. The molecule has 0 aliphatic carbocycles. The number of nitrogens with zero attached hydrogens (tertiary/aromatic N) is 1. The third-order valence-corrected chi connectivity index (χ3v) is 4.50. The van der Waals surface area contributed by atoms with Crippen LogP contribution in [0, 0.1) is 5.92 Å². The molecule has 1 aromatic carbocycles. The highest BCUT2D eigenvalue weighted by Crippen LogP contribution is 2.22. The van der Waals surface area contributed by atoms with E-state index in [2.05, 4.69) is 10.2 Å². The van der Waals surface area contributed by atoms with Gasteiger partial charge in [-0.1, -0.05) is 37.3 Å². The van der Waals surface area contributed by atoms with Gasteiger partial charge in [-0.05, 0) is 24.3 Å². The van der Waals surface area contributed by atoms with E-state index in [1.54, 1.807) is 0 Å². The number of nitrogens with two attached hydrogens (primary N) is 1. The van der Waals surface area contributed by atoms with Gasteiger partial charge in [-0.2, -0.15) is 0 Å². The van der Waals surface area contributed by atoms with Crippen LogP contribution in [-0.4, -0.2) is 54.4 Å². The Labute approximate surface area is 144 Å². The number of benzene rings is 1. The highest BCUT2D eigenvalue weighted by Gasteiger charge is 2.31. The number of aliphatic hydroxyl groups excluding tert-OH is 1. The maximum Gasteiger partial charge on any atom is 0.407 e. The van der Waals surface area contributed by atoms with E-state index in [9.17, 15) is 9.90 Å². The Morgan fingerprint density at radius 2 is 2.17 bits per heavy atom. The van der Waals surface area contributed by atoms with Gasteiger partial charge in [0.1, 0.15) is 6.61 Å². The van der Waals surface area contributed by atoms with Crippen molar-refractivity contribution in [3.63, 3.8) is 0 Å². The topological polar surface area (TPSA) is 87.8 Å². The molecule has 1 fully saturated rings. The van der Waals surface area contributed by atoms with E-state index in [0.29, 0.717) is 13.0 Å². The molecule has 0 saturated carbocycles. The van der Waals surface area contributed by atoms with Gasteiger partial charge in [0.25, 0.3) is 0 Å². The maximum absolute atomic E-state index is 12.1. The second-order valence-corrected chi connectivity index (χ2v) is 6.42. The molecule has 0 bridgehead atoms. The summed E-state index contributed by atoms with van der Waals surface area (Å²) in [5.41, 5.74) is 6.61. The van der Waals surface area contributed by atoms with Gasteiger partial charge in [0, 0.05) is 32.2 Å². The standard InChI is InChI=1S/C18H29N3O3/c1-2-17(22)15-10-16(12-21(11-15)9-8-19)20-18(23)24-13-14-6-4-3-5-7-14/h3-7,15-17,22H,2,8-13,19H2,1H3,(H,20,23). The molecule has 134 valence electrons. The molecule has 2 rings (SSSR count). The summed E-state index contributed by atoms with van der Waals surface area (Å²) < 4.78 is 5.29. The van der Waals surface area contributed by atoms with Crippen LogP contribution >= 0.6 is 0 Å². The summed E-state index contributed by atoms with van der Waals surface area (Å²) in [5, 5.41) is 13.1. The van der Waals surface area contributed by atoms with E-state index in [1.165, 1.54) is 0 Å². The van der Waals surface area contributed by atoms with Crippen molar-refractivity contribution in [1.82, 2.24) is 10.2 Å². The fraction of sp³-hybridized carbons (Fsp3) is 0.611. The lowest BCUT2D eigenvalue weighted by Gasteiger charge is -2.39. The van der Waals surface area contributed by atoms with Crippen LogP contribution in [0.2, 0.25) is 0 Å². The van der Waals surface area contributed by atoms with Crippen molar-refractivity contribution < 1.29 is 14.6 Å². The summed E-state index contributed by atoms with van der Waals surface area (Å²) in [6.07, 6.45) is 0.710. The number of carbonyl (C=O) groups excluding carboxylic acids is 1. The zero-order valence-electron chi connectivity index (χ0n) is 14.4. The maximum atomic E-state index is 12.1. The summed E-state index contributed by atoms with van der Waals surface area (Å²) in [6.45, 7) is 5.13. The quantitative estimate of drug-likeness (QED) is 0.700. The molecule has 0 spiro atoms.